The first-order valence-electron chi connectivity index (χ1n) is 8.92. The number of hydrogen-bond acceptors (Lipinski definition) is 6. The molecule has 2 aromatic rings. The molecule has 0 unspecified atom stereocenters. The summed E-state index contributed by atoms with van der Waals surface area (Å²) in [5, 5.41) is 6.33. The summed E-state index contributed by atoms with van der Waals surface area (Å²) in [6.45, 7) is 1.11. The van der Waals surface area contributed by atoms with Crippen LogP contribution in [0.1, 0.15) is 37.8 Å². The van der Waals surface area contributed by atoms with Crippen LogP contribution in [0.4, 0.5) is 11.4 Å². The number of aromatic nitrogens is 1. The van der Waals surface area contributed by atoms with E-state index in [1.807, 2.05) is 18.2 Å². The Bertz CT molecular complexity index is 772. The molecule has 0 bridgehead atoms. The zero-order valence-corrected chi connectivity index (χ0v) is 15.0. The normalized spacial score (nSPS) is 16.9. The van der Waals surface area contributed by atoms with Crippen LogP contribution in [0, 0.1) is 0 Å². The fourth-order valence-electron chi connectivity index (χ4n) is 3.66. The average Bonchev–Trinajstić information content (AvgIpc) is 2.65. The Labute approximate surface area is 148 Å². The first-order chi connectivity index (χ1) is 12.0. The van der Waals surface area contributed by atoms with E-state index in [9.17, 15) is 9.59 Å². The largest absolute Gasteiger partial charge is 0.378 e. The number of rotatable bonds is 7. The van der Waals surface area contributed by atoms with Gasteiger partial charge in [0.15, 0.2) is 0 Å². The lowest BCUT2D eigenvalue weighted by Gasteiger charge is -2.43. The van der Waals surface area contributed by atoms with Gasteiger partial charge < -0.3 is 15.5 Å². The van der Waals surface area contributed by atoms with Crippen molar-refractivity contribution in [1.82, 2.24) is 9.88 Å². The van der Waals surface area contributed by atoms with Crippen LogP contribution in [0.3, 0.4) is 0 Å². The van der Waals surface area contributed by atoms with Crippen molar-refractivity contribution in [2.75, 3.05) is 31.3 Å². The lowest BCUT2D eigenvalue weighted by Crippen LogP contribution is -2.52. The van der Waals surface area contributed by atoms with Crippen molar-refractivity contribution >= 4 is 11.4 Å². The van der Waals surface area contributed by atoms with Crippen LogP contribution >= 0.6 is 0 Å². The molecule has 1 aliphatic carbocycles. The van der Waals surface area contributed by atoms with E-state index in [4.69, 9.17) is 0 Å². The van der Waals surface area contributed by atoms with Gasteiger partial charge in [-0.3, -0.25) is 14.6 Å². The Hall–Kier alpha value is -2.21. The van der Waals surface area contributed by atoms with Crippen molar-refractivity contribution in [3.8, 4) is 0 Å². The van der Waals surface area contributed by atoms with E-state index < -0.39 is 10.9 Å². The van der Waals surface area contributed by atoms with E-state index in [0.717, 1.165) is 18.5 Å². The van der Waals surface area contributed by atoms with Gasteiger partial charge in [0.2, 0.25) is 0 Å². The summed E-state index contributed by atoms with van der Waals surface area (Å²) in [6, 6.07) is 5.63. The molecule has 0 atom stereocenters. The highest BCUT2D eigenvalue weighted by Gasteiger charge is 2.35. The number of anilines is 2. The molecule has 25 heavy (non-hydrogen) atoms. The van der Waals surface area contributed by atoms with E-state index in [2.05, 4.69) is 34.6 Å². The molecule has 2 N–H and O–H groups in total. The molecule has 3 rings (SSSR count). The van der Waals surface area contributed by atoms with Crippen molar-refractivity contribution in [1.29, 1.82) is 0 Å². The van der Waals surface area contributed by atoms with Gasteiger partial charge in [-0.2, -0.15) is 0 Å². The lowest BCUT2D eigenvalue weighted by atomic mass is 9.80. The van der Waals surface area contributed by atoms with Crippen LogP contribution in [-0.2, 0) is 6.54 Å². The maximum atomic E-state index is 12.0. The molecular formula is C19H26N4O2. The lowest BCUT2D eigenvalue weighted by molar-refractivity contribution is 0.113. The Morgan fingerprint density at radius 2 is 1.72 bits per heavy atom. The fraction of sp³-hybridized carbons (Fsp3) is 0.526. The summed E-state index contributed by atoms with van der Waals surface area (Å²) >= 11 is 0. The maximum Gasteiger partial charge on any atom is 0.253 e. The topological polar surface area (TPSA) is 74.3 Å². The van der Waals surface area contributed by atoms with Gasteiger partial charge in [0.05, 0.1) is 12.2 Å². The third-order valence-corrected chi connectivity index (χ3v) is 5.41. The third-order valence-electron chi connectivity index (χ3n) is 5.41. The number of likely N-dealkylation sites (N-methyl/N-ethyl adjacent to an activating group) is 1. The summed E-state index contributed by atoms with van der Waals surface area (Å²) in [5.41, 5.74) is 0.830. The number of nitrogens with zero attached hydrogens (tertiary/aromatic N) is 2. The molecular weight excluding hydrogens is 316 g/mol. The molecule has 1 aromatic carbocycles. The van der Waals surface area contributed by atoms with Gasteiger partial charge in [0.1, 0.15) is 11.4 Å². The maximum absolute atomic E-state index is 12.0. The molecule has 1 heterocycles. The SMILES string of the molecule is CN(C)C1(CNc2c(NCc3ccccn3)c(=O)c2=O)CCCCC1. The second kappa shape index (κ2) is 7.35. The molecule has 1 saturated carbocycles. The van der Waals surface area contributed by atoms with Crippen molar-refractivity contribution in [3.63, 3.8) is 0 Å². The highest BCUT2D eigenvalue weighted by Crippen LogP contribution is 2.32. The first-order valence-corrected chi connectivity index (χ1v) is 8.92. The van der Waals surface area contributed by atoms with Crippen molar-refractivity contribution < 1.29 is 0 Å². The third kappa shape index (κ3) is 3.58. The molecule has 6 nitrogen and oxygen atoms in total. The standard InChI is InChI=1S/C19H26N4O2/c1-23(2)19(9-5-3-6-10-19)13-22-16-15(17(24)18(16)25)21-12-14-8-4-7-11-20-14/h4,7-8,11,21-22H,3,5-6,9-10,12-13H2,1-2H3. The number of pyridine rings is 1. The van der Waals surface area contributed by atoms with Crippen LogP contribution in [0.5, 0.6) is 0 Å². The van der Waals surface area contributed by atoms with Crippen LogP contribution in [0.2, 0.25) is 0 Å². The monoisotopic (exact) mass is 342 g/mol. The summed E-state index contributed by atoms with van der Waals surface area (Å²) in [6.07, 6.45) is 7.61. The fourth-order valence-corrected chi connectivity index (χ4v) is 3.66. The highest BCUT2D eigenvalue weighted by atomic mass is 16.2. The average molecular weight is 342 g/mol. The van der Waals surface area contributed by atoms with Gasteiger partial charge in [-0.05, 0) is 39.1 Å². The molecule has 0 radical (unpaired) electrons. The van der Waals surface area contributed by atoms with Crippen LogP contribution in [0.25, 0.3) is 0 Å². The minimum atomic E-state index is -0.444. The zero-order chi connectivity index (χ0) is 17.9. The summed E-state index contributed by atoms with van der Waals surface area (Å²) in [4.78, 5) is 30.4. The van der Waals surface area contributed by atoms with E-state index >= 15 is 0 Å². The smallest absolute Gasteiger partial charge is 0.253 e. The molecule has 134 valence electrons. The first kappa shape index (κ1) is 17.6. The van der Waals surface area contributed by atoms with Gasteiger partial charge in [-0.1, -0.05) is 25.3 Å². The van der Waals surface area contributed by atoms with Crippen molar-refractivity contribution in [2.45, 2.75) is 44.2 Å². The predicted octanol–water partition coefficient (Wildman–Crippen LogP) is 1.97. The Balaban J connectivity index is 1.68. The van der Waals surface area contributed by atoms with E-state index in [-0.39, 0.29) is 5.54 Å². The zero-order valence-electron chi connectivity index (χ0n) is 15.0. The molecule has 0 amide bonds. The highest BCUT2D eigenvalue weighted by molar-refractivity contribution is 5.74. The Kier molecular flexibility index (Phi) is 5.18. The summed E-state index contributed by atoms with van der Waals surface area (Å²) in [5.74, 6) is 0. The molecule has 1 fully saturated rings. The molecule has 6 heteroatoms. The van der Waals surface area contributed by atoms with E-state index in [1.165, 1.54) is 19.3 Å². The minimum Gasteiger partial charge on any atom is -0.378 e. The molecule has 0 spiro atoms. The number of hydrogen-bond donors (Lipinski definition) is 2. The van der Waals surface area contributed by atoms with Gasteiger partial charge in [-0.15, -0.1) is 0 Å². The van der Waals surface area contributed by atoms with Gasteiger partial charge in [0, 0.05) is 18.3 Å². The van der Waals surface area contributed by atoms with Gasteiger partial charge in [-0.25, -0.2) is 0 Å². The summed E-state index contributed by atoms with van der Waals surface area (Å²) in [7, 11) is 4.19. The minimum absolute atomic E-state index is 0.0518. The van der Waals surface area contributed by atoms with Crippen molar-refractivity contribution in [3.05, 3.63) is 50.5 Å². The van der Waals surface area contributed by atoms with E-state index in [0.29, 0.717) is 24.5 Å². The number of nitrogens with one attached hydrogen (secondary N) is 2. The Morgan fingerprint density at radius 3 is 2.32 bits per heavy atom. The second-order valence-electron chi connectivity index (χ2n) is 7.12. The van der Waals surface area contributed by atoms with Crippen LogP contribution in [0.15, 0.2) is 34.0 Å². The van der Waals surface area contributed by atoms with Crippen LogP contribution < -0.4 is 21.5 Å². The van der Waals surface area contributed by atoms with Gasteiger partial charge in [0.25, 0.3) is 10.9 Å². The molecule has 0 aliphatic heterocycles. The molecule has 1 aromatic heterocycles. The summed E-state index contributed by atoms with van der Waals surface area (Å²) < 4.78 is 0. The van der Waals surface area contributed by atoms with Crippen molar-refractivity contribution in [2.24, 2.45) is 0 Å². The van der Waals surface area contributed by atoms with Crippen LogP contribution in [-0.4, -0.2) is 36.1 Å². The van der Waals surface area contributed by atoms with Gasteiger partial charge >= 0.3 is 0 Å². The molecule has 0 saturated heterocycles. The Morgan fingerprint density at radius 1 is 1.04 bits per heavy atom. The molecule has 1 aliphatic rings. The second-order valence-corrected chi connectivity index (χ2v) is 7.12. The quantitative estimate of drug-likeness (QED) is 0.750. The predicted molar refractivity (Wildman–Crippen MR) is 101 cm³/mol. The van der Waals surface area contributed by atoms with E-state index in [1.54, 1.807) is 6.20 Å².